The van der Waals surface area contributed by atoms with E-state index in [1.165, 1.54) is 0 Å². The van der Waals surface area contributed by atoms with Crippen LogP contribution in [-0.2, 0) is 47.4 Å². The second-order valence-electron chi connectivity index (χ2n) is 14.7. The number of amides is 1. The zero-order valence-corrected chi connectivity index (χ0v) is 31.2. The van der Waals surface area contributed by atoms with Gasteiger partial charge in [-0.1, -0.05) is 0 Å². The van der Waals surface area contributed by atoms with Crippen LogP contribution in [0.4, 0.5) is 0 Å². The van der Waals surface area contributed by atoms with Gasteiger partial charge in [0.1, 0.15) is 122 Å². The van der Waals surface area contributed by atoms with E-state index in [1.54, 1.807) is 0 Å². The number of rotatable bonds is 14. The van der Waals surface area contributed by atoms with Crippen LogP contribution in [0.15, 0.2) is 0 Å². The molecular weight excluding hydrogens is 814 g/mol. The molecule has 0 aromatic rings. The number of carbonyl (C=O) groups is 1. The summed E-state index contributed by atoms with van der Waals surface area (Å²) in [6, 6.07) is -1.60. The van der Waals surface area contributed by atoms with E-state index in [4.69, 9.17) is 42.6 Å². The standard InChI is InChI=1S/C32H55NO26/c1-7(38)33-13-17(42)25(57-30-22(47)18(43)14(39)8(2-34)53-30)11(5-37)55-29(13)51-6-12-16(41)27(59-31-23(48)19(44)15(40)9(3-35)54-31)24(49)32(56-12)58-26-10(4-36)52-28(50)21(46)20(26)45/h8-32,34-37,39-50H,2-6H2,1H3,(H,33,38)/t8-,9-,10-,11-,12-,13-,14+,15+,16+,17-,18+,19+,20-,21-,22-,23-,24-,25-,26-,27+,28-,29-,30+,31-,32+/m1/s1. The van der Waals surface area contributed by atoms with E-state index in [0.717, 1.165) is 6.92 Å². The molecule has 27 heteroatoms. The topological polar surface area (TPSA) is 436 Å². The molecule has 5 heterocycles. The average Bonchev–Trinajstić information content (AvgIpc) is 3.21. The maximum absolute atomic E-state index is 12.3. The summed E-state index contributed by atoms with van der Waals surface area (Å²) in [4.78, 5) is 12.3. The molecule has 59 heavy (non-hydrogen) atoms. The molecular formula is C32H55NO26. The van der Waals surface area contributed by atoms with Crippen molar-refractivity contribution in [1.82, 2.24) is 5.32 Å². The third kappa shape index (κ3) is 10.3. The first-order valence-electron chi connectivity index (χ1n) is 18.6. The second kappa shape index (κ2) is 20.8. The Labute approximate surface area is 333 Å². The van der Waals surface area contributed by atoms with Crippen molar-refractivity contribution in [2.24, 2.45) is 0 Å². The highest BCUT2D eigenvalue weighted by Gasteiger charge is 2.55. The van der Waals surface area contributed by atoms with Crippen LogP contribution in [0, 0.1) is 0 Å². The molecule has 0 aromatic heterocycles. The van der Waals surface area contributed by atoms with E-state index >= 15 is 0 Å². The lowest BCUT2D eigenvalue weighted by Crippen LogP contribution is -2.68. The van der Waals surface area contributed by atoms with Gasteiger partial charge in [0.15, 0.2) is 31.5 Å². The van der Waals surface area contributed by atoms with Gasteiger partial charge in [-0.05, 0) is 0 Å². The van der Waals surface area contributed by atoms with Gasteiger partial charge in [-0.2, -0.15) is 0 Å². The van der Waals surface area contributed by atoms with Crippen molar-refractivity contribution in [3.05, 3.63) is 0 Å². The van der Waals surface area contributed by atoms with Crippen LogP contribution in [0.25, 0.3) is 0 Å². The van der Waals surface area contributed by atoms with Crippen molar-refractivity contribution >= 4 is 5.91 Å². The van der Waals surface area contributed by atoms with Crippen molar-refractivity contribution < 1.29 is 129 Å². The first-order chi connectivity index (χ1) is 27.9. The minimum Gasteiger partial charge on any atom is -0.394 e. The van der Waals surface area contributed by atoms with Crippen molar-refractivity contribution in [2.75, 3.05) is 33.0 Å². The average molecular weight is 870 g/mol. The molecule has 5 saturated heterocycles. The summed E-state index contributed by atoms with van der Waals surface area (Å²) in [5.74, 6) is -0.766. The summed E-state index contributed by atoms with van der Waals surface area (Å²) in [5, 5.41) is 169. The van der Waals surface area contributed by atoms with E-state index in [1.807, 2.05) is 0 Å². The predicted molar refractivity (Wildman–Crippen MR) is 178 cm³/mol. The minimum absolute atomic E-state index is 0.766. The first-order valence-corrected chi connectivity index (χ1v) is 18.6. The Morgan fingerprint density at radius 2 is 0.864 bits per heavy atom. The van der Waals surface area contributed by atoms with Crippen LogP contribution in [-0.4, -0.2) is 274 Å². The number of hydrogen-bond acceptors (Lipinski definition) is 26. The molecule has 5 aliphatic rings. The summed E-state index contributed by atoms with van der Waals surface area (Å²) in [6.45, 7) is -3.34. The number of aliphatic hydroxyl groups is 16. The van der Waals surface area contributed by atoms with Gasteiger partial charge in [-0.3, -0.25) is 4.79 Å². The minimum atomic E-state index is -2.14. The monoisotopic (exact) mass is 869 g/mol. The van der Waals surface area contributed by atoms with Gasteiger partial charge in [0.25, 0.3) is 0 Å². The summed E-state index contributed by atoms with van der Waals surface area (Å²) in [7, 11) is 0. The summed E-state index contributed by atoms with van der Waals surface area (Å²) < 4.78 is 50.2. The molecule has 0 saturated carbocycles. The van der Waals surface area contributed by atoms with Crippen molar-refractivity contribution in [3.63, 3.8) is 0 Å². The van der Waals surface area contributed by atoms with Gasteiger partial charge < -0.3 is 130 Å². The number of aliphatic hydroxyl groups excluding tert-OH is 16. The zero-order valence-electron chi connectivity index (χ0n) is 31.2. The summed E-state index contributed by atoms with van der Waals surface area (Å²) >= 11 is 0. The normalized spacial score (nSPS) is 51.0. The molecule has 5 fully saturated rings. The van der Waals surface area contributed by atoms with Crippen LogP contribution in [0.2, 0.25) is 0 Å². The van der Waals surface area contributed by atoms with Gasteiger partial charge in [-0.15, -0.1) is 0 Å². The lowest BCUT2D eigenvalue weighted by Gasteiger charge is -2.49. The highest BCUT2D eigenvalue weighted by Crippen LogP contribution is 2.34. The molecule has 5 rings (SSSR count). The molecule has 27 nitrogen and oxygen atoms in total. The van der Waals surface area contributed by atoms with Crippen LogP contribution in [0.3, 0.4) is 0 Å². The lowest BCUT2D eigenvalue weighted by molar-refractivity contribution is -0.383. The molecule has 1 amide bonds. The van der Waals surface area contributed by atoms with Gasteiger partial charge in [0, 0.05) is 6.92 Å². The maximum atomic E-state index is 12.3. The number of ether oxygens (including phenoxy) is 9. The highest BCUT2D eigenvalue weighted by atomic mass is 16.8. The van der Waals surface area contributed by atoms with E-state index in [2.05, 4.69) is 5.32 Å². The van der Waals surface area contributed by atoms with Crippen molar-refractivity contribution in [1.29, 1.82) is 0 Å². The highest BCUT2D eigenvalue weighted by molar-refractivity contribution is 5.73. The Hall–Kier alpha value is -1.53. The third-order valence-corrected chi connectivity index (χ3v) is 10.7. The fourth-order valence-electron chi connectivity index (χ4n) is 7.33. The molecule has 5 aliphatic heterocycles. The molecule has 0 radical (unpaired) electrons. The Morgan fingerprint density at radius 3 is 1.36 bits per heavy atom. The zero-order chi connectivity index (χ0) is 43.6. The van der Waals surface area contributed by atoms with E-state index in [-0.39, 0.29) is 0 Å². The number of hydrogen-bond donors (Lipinski definition) is 17. The molecule has 17 N–H and O–H groups in total. The van der Waals surface area contributed by atoms with Crippen molar-refractivity contribution in [2.45, 2.75) is 160 Å². The fourth-order valence-corrected chi connectivity index (χ4v) is 7.33. The molecule has 0 unspecified atom stereocenters. The van der Waals surface area contributed by atoms with Gasteiger partial charge in [0.2, 0.25) is 5.91 Å². The SMILES string of the molecule is CC(=O)N[C@H]1[C@H](OC[C@H]2O[C@@H](O[C@H]3[C@H](O)[C@@H](O)[C@H](O)O[C@@H]3CO)[C@H](O)[C@@H](O[C@H]3O[C@H](CO)[C@H](O)[C@H](O)[C@H]3O)[C@H]2O)O[C@H](CO)[C@@H](O[C@@H]2O[C@H](CO)[C@H](O)[C@H](O)[C@H]2O)[C@@H]1O. The van der Waals surface area contributed by atoms with Crippen LogP contribution in [0.1, 0.15) is 6.92 Å². The maximum Gasteiger partial charge on any atom is 0.217 e. The first kappa shape index (κ1) is 48.5. The van der Waals surface area contributed by atoms with Gasteiger partial charge >= 0.3 is 0 Å². The fraction of sp³-hybridized carbons (Fsp3) is 0.969. The molecule has 0 spiro atoms. The molecule has 344 valence electrons. The summed E-state index contributed by atoms with van der Waals surface area (Å²) in [6.07, 6.45) is -44.2. The van der Waals surface area contributed by atoms with Gasteiger partial charge in [-0.25, -0.2) is 0 Å². The molecule has 0 aliphatic carbocycles. The quantitative estimate of drug-likeness (QED) is 0.0770. The van der Waals surface area contributed by atoms with Crippen LogP contribution < -0.4 is 5.32 Å². The smallest absolute Gasteiger partial charge is 0.217 e. The van der Waals surface area contributed by atoms with E-state index in [9.17, 15) is 86.5 Å². The van der Waals surface area contributed by atoms with E-state index < -0.39 is 192 Å². The van der Waals surface area contributed by atoms with Crippen molar-refractivity contribution in [3.8, 4) is 0 Å². The predicted octanol–water partition coefficient (Wildman–Crippen LogP) is -11.8. The Balaban J connectivity index is 1.38. The Morgan fingerprint density at radius 1 is 0.441 bits per heavy atom. The summed E-state index contributed by atoms with van der Waals surface area (Å²) in [5.41, 5.74) is 0. The Kier molecular flexibility index (Phi) is 17.1. The number of carbonyl (C=O) groups excluding carboxylic acids is 1. The van der Waals surface area contributed by atoms with Crippen LogP contribution in [0.5, 0.6) is 0 Å². The van der Waals surface area contributed by atoms with Gasteiger partial charge in [0.05, 0.1) is 33.0 Å². The van der Waals surface area contributed by atoms with E-state index in [0.29, 0.717) is 0 Å². The van der Waals surface area contributed by atoms with Crippen LogP contribution >= 0.6 is 0 Å². The molecule has 25 atom stereocenters. The third-order valence-electron chi connectivity index (χ3n) is 10.7. The largest absolute Gasteiger partial charge is 0.394 e. The number of nitrogens with one attached hydrogen (secondary N) is 1. The molecule has 0 aromatic carbocycles. The lowest BCUT2D eigenvalue weighted by atomic mass is 9.95. The molecule has 0 bridgehead atoms. The Bertz CT molecular complexity index is 1320. The second-order valence-corrected chi connectivity index (χ2v) is 14.7.